The number of hydrogen-bond donors (Lipinski definition) is 3. The average Bonchev–Trinajstić information content (AvgIpc) is 2.37. The van der Waals surface area contributed by atoms with E-state index in [0.29, 0.717) is 15.7 Å². The van der Waals surface area contributed by atoms with Crippen LogP contribution < -0.4 is 5.32 Å². The fraction of sp³-hybridized carbons (Fsp3) is 0. The third kappa shape index (κ3) is 2.92. The first-order chi connectivity index (χ1) is 8.99. The smallest absolute Gasteiger partial charge is 0.255 e. The molecule has 4 nitrogen and oxygen atoms in total. The van der Waals surface area contributed by atoms with E-state index in [-0.39, 0.29) is 17.1 Å². The van der Waals surface area contributed by atoms with Gasteiger partial charge in [-0.05, 0) is 30.3 Å². The predicted molar refractivity (Wildman–Crippen MR) is 74.2 cm³/mol. The van der Waals surface area contributed by atoms with E-state index in [9.17, 15) is 15.0 Å². The molecule has 1 amide bonds. The van der Waals surface area contributed by atoms with Gasteiger partial charge in [-0.25, -0.2) is 0 Å². The summed E-state index contributed by atoms with van der Waals surface area (Å²) in [5.74, 6) is -1.17. The zero-order valence-electron chi connectivity index (χ0n) is 9.52. The van der Waals surface area contributed by atoms with Gasteiger partial charge >= 0.3 is 0 Å². The summed E-state index contributed by atoms with van der Waals surface area (Å²) in [6.07, 6.45) is 0. The molecule has 98 valence electrons. The lowest BCUT2D eigenvalue weighted by Gasteiger charge is -2.09. The average molecular weight is 298 g/mol. The van der Waals surface area contributed by atoms with Crippen LogP contribution in [0.15, 0.2) is 36.4 Å². The summed E-state index contributed by atoms with van der Waals surface area (Å²) in [7, 11) is 0. The summed E-state index contributed by atoms with van der Waals surface area (Å²) in [6, 6.07) is 8.59. The van der Waals surface area contributed by atoms with Crippen molar-refractivity contribution in [2.24, 2.45) is 0 Å². The van der Waals surface area contributed by atoms with Gasteiger partial charge in [0.05, 0.1) is 15.7 Å². The van der Waals surface area contributed by atoms with Crippen molar-refractivity contribution in [3.05, 3.63) is 52.0 Å². The van der Waals surface area contributed by atoms with Gasteiger partial charge in [-0.2, -0.15) is 0 Å². The van der Waals surface area contributed by atoms with Crippen LogP contribution in [0, 0.1) is 0 Å². The van der Waals surface area contributed by atoms with Crippen molar-refractivity contribution in [2.75, 3.05) is 5.32 Å². The summed E-state index contributed by atoms with van der Waals surface area (Å²) in [5.41, 5.74) is 0.467. The Kier molecular flexibility index (Phi) is 3.83. The molecule has 0 saturated carbocycles. The highest BCUT2D eigenvalue weighted by Gasteiger charge is 2.12. The highest BCUT2D eigenvalue weighted by molar-refractivity contribution is 6.40. The molecule has 0 atom stereocenters. The molecule has 0 unspecified atom stereocenters. The molecule has 0 heterocycles. The zero-order valence-corrected chi connectivity index (χ0v) is 11.0. The number of benzene rings is 2. The number of carbonyl (C=O) groups excluding carboxylic acids is 1. The second-order valence-electron chi connectivity index (χ2n) is 3.75. The zero-order chi connectivity index (χ0) is 14.0. The fourth-order valence-electron chi connectivity index (χ4n) is 1.47. The molecule has 0 fully saturated rings. The second kappa shape index (κ2) is 5.38. The van der Waals surface area contributed by atoms with Gasteiger partial charge in [0.25, 0.3) is 5.91 Å². The van der Waals surface area contributed by atoms with Crippen molar-refractivity contribution < 1.29 is 15.0 Å². The lowest BCUT2D eigenvalue weighted by atomic mass is 10.2. The molecule has 2 aromatic carbocycles. The molecule has 0 aliphatic carbocycles. The van der Waals surface area contributed by atoms with Crippen LogP contribution in [0.1, 0.15) is 10.4 Å². The van der Waals surface area contributed by atoms with Crippen LogP contribution in [0.5, 0.6) is 11.5 Å². The van der Waals surface area contributed by atoms with Gasteiger partial charge in [0.2, 0.25) is 0 Å². The van der Waals surface area contributed by atoms with Gasteiger partial charge in [-0.15, -0.1) is 0 Å². The maximum atomic E-state index is 12.0. The number of carbonyl (C=O) groups is 1. The summed E-state index contributed by atoms with van der Waals surface area (Å²) in [5, 5.41) is 21.7. The third-order valence-corrected chi connectivity index (χ3v) is 3.07. The number of aromatic hydroxyl groups is 2. The molecule has 2 rings (SSSR count). The molecule has 0 spiro atoms. The molecule has 19 heavy (non-hydrogen) atoms. The number of para-hydroxylation sites is 1. The lowest BCUT2D eigenvalue weighted by molar-refractivity contribution is 0.102. The summed E-state index contributed by atoms with van der Waals surface area (Å²) in [6.45, 7) is 0. The molecule has 0 radical (unpaired) electrons. The summed E-state index contributed by atoms with van der Waals surface area (Å²) >= 11 is 11.9. The van der Waals surface area contributed by atoms with Gasteiger partial charge < -0.3 is 15.5 Å². The molecule has 0 aliphatic heterocycles. The van der Waals surface area contributed by atoms with E-state index in [1.54, 1.807) is 18.2 Å². The number of phenolic OH excluding ortho intramolecular Hbond substituents is 2. The van der Waals surface area contributed by atoms with Gasteiger partial charge in [0.15, 0.2) is 11.5 Å². The largest absolute Gasteiger partial charge is 0.504 e. The normalized spacial score (nSPS) is 10.2. The Balaban J connectivity index is 2.28. The number of hydrogen-bond acceptors (Lipinski definition) is 3. The maximum Gasteiger partial charge on any atom is 0.255 e. The number of anilines is 1. The van der Waals surface area contributed by atoms with Gasteiger partial charge in [0.1, 0.15) is 0 Å². The SMILES string of the molecule is O=C(Nc1c(Cl)cccc1Cl)c1ccc(O)c(O)c1. The monoisotopic (exact) mass is 297 g/mol. The molecular formula is C13H9Cl2NO3. The number of rotatable bonds is 2. The summed E-state index contributed by atoms with van der Waals surface area (Å²) in [4.78, 5) is 12.0. The molecule has 0 bridgehead atoms. The van der Waals surface area contributed by atoms with E-state index < -0.39 is 5.91 Å². The summed E-state index contributed by atoms with van der Waals surface area (Å²) < 4.78 is 0. The van der Waals surface area contributed by atoms with E-state index in [0.717, 1.165) is 6.07 Å². The van der Waals surface area contributed by atoms with Crippen molar-refractivity contribution >= 4 is 34.8 Å². The first-order valence-electron chi connectivity index (χ1n) is 5.26. The Morgan fingerprint density at radius 1 is 1.00 bits per heavy atom. The fourth-order valence-corrected chi connectivity index (χ4v) is 1.96. The molecule has 0 aromatic heterocycles. The van der Waals surface area contributed by atoms with Crippen LogP contribution >= 0.6 is 23.2 Å². The Morgan fingerprint density at radius 2 is 1.63 bits per heavy atom. The Bertz CT molecular complexity index is 624. The Hall–Kier alpha value is -1.91. The van der Waals surface area contributed by atoms with E-state index in [1.165, 1.54) is 12.1 Å². The van der Waals surface area contributed by atoms with Crippen molar-refractivity contribution in [1.82, 2.24) is 0 Å². The number of phenols is 2. The first-order valence-corrected chi connectivity index (χ1v) is 6.02. The standard InChI is InChI=1S/C13H9Cl2NO3/c14-8-2-1-3-9(15)12(8)16-13(19)7-4-5-10(17)11(18)6-7/h1-6,17-18H,(H,16,19). The highest BCUT2D eigenvalue weighted by Crippen LogP contribution is 2.31. The first kappa shape index (κ1) is 13.5. The van der Waals surface area contributed by atoms with Crippen LogP contribution in [-0.2, 0) is 0 Å². The third-order valence-electron chi connectivity index (χ3n) is 2.44. The minimum atomic E-state index is -0.495. The predicted octanol–water partition coefficient (Wildman–Crippen LogP) is 3.66. The van der Waals surface area contributed by atoms with E-state index in [1.807, 2.05) is 0 Å². The minimum Gasteiger partial charge on any atom is -0.504 e. The van der Waals surface area contributed by atoms with Gasteiger partial charge in [0, 0.05) is 5.56 Å². The van der Waals surface area contributed by atoms with Crippen molar-refractivity contribution in [3.63, 3.8) is 0 Å². The van der Waals surface area contributed by atoms with E-state index in [4.69, 9.17) is 23.2 Å². The second-order valence-corrected chi connectivity index (χ2v) is 4.57. The lowest BCUT2D eigenvalue weighted by Crippen LogP contribution is -2.12. The molecule has 0 aliphatic rings. The maximum absolute atomic E-state index is 12.0. The number of amides is 1. The number of nitrogens with one attached hydrogen (secondary N) is 1. The van der Waals surface area contributed by atoms with Crippen LogP contribution in [0.4, 0.5) is 5.69 Å². The Labute approximate surface area is 119 Å². The number of halogens is 2. The molecule has 0 saturated heterocycles. The molecule has 2 aromatic rings. The topological polar surface area (TPSA) is 69.6 Å². The van der Waals surface area contributed by atoms with E-state index in [2.05, 4.69) is 5.32 Å². The van der Waals surface area contributed by atoms with E-state index >= 15 is 0 Å². The van der Waals surface area contributed by atoms with Crippen LogP contribution in [-0.4, -0.2) is 16.1 Å². The van der Waals surface area contributed by atoms with Crippen LogP contribution in [0.2, 0.25) is 10.0 Å². The molecular weight excluding hydrogens is 289 g/mol. The minimum absolute atomic E-state index is 0.172. The van der Waals surface area contributed by atoms with Crippen molar-refractivity contribution in [3.8, 4) is 11.5 Å². The van der Waals surface area contributed by atoms with Crippen LogP contribution in [0.25, 0.3) is 0 Å². The molecule has 3 N–H and O–H groups in total. The quantitative estimate of drug-likeness (QED) is 0.741. The Morgan fingerprint density at radius 3 is 2.21 bits per heavy atom. The molecule has 6 heteroatoms. The van der Waals surface area contributed by atoms with Crippen LogP contribution in [0.3, 0.4) is 0 Å². The van der Waals surface area contributed by atoms with Gasteiger partial charge in [-0.1, -0.05) is 29.3 Å². The van der Waals surface area contributed by atoms with Gasteiger partial charge in [-0.3, -0.25) is 4.79 Å². The van der Waals surface area contributed by atoms with Crippen molar-refractivity contribution in [1.29, 1.82) is 0 Å². The highest BCUT2D eigenvalue weighted by atomic mass is 35.5. The van der Waals surface area contributed by atoms with Crippen molar-refractivity contribution in [2.45, 2.75) is 0 Å².